The van der Waals surface area contributed by atoms with Gasteiger partial charge in [0.15, 0.2) is 5.75 Å². The van der Waals surface area contributed by atoms with Crippen LogP contribution in [-0.2, 0) is 16.1 Å². The fraction of sp³-hybridized carbons (Fsp3) is 0.0667. The van der Waals surface area contributed by atoms with Gasteiger partial charge in [-0.3, -0.25) is 4.79 Å². The minimum atomic E-state index is -0.658. The fourth-order valence-electron chi connectivity index (χ4n) is 1.50. The molecule has 2 rings (SSSR count). The summed E-state index contributed by atoms with van der Waals surface area (Å²) < 4.78 is 9.74. The maximum atomic E-state index is 11.5. The van der Waals surface area contributed by atoms with E-state index in [4.69, 9.17) is 14.3 Å². The topological polar surface area (TPSA) is 97.0 Å². The van der Waals surface area contributed by atoms with E-state index in [2.05, 4.69) is 0 Å². The molecule has 0 unspecified atom stereocenters. The molecule has 6 nitrogen and oxygen atoms in total. The summed E-state index contributed by atoms with van der Waals surface area (Å²) in [7, 11) is 0. The Hall–Kier alpha value is -3.02. The van der Waals surface area contributed by atoms with Crippen molar-refractivity contribution >= 4 is 12.0 Å². The Morgan fingerprint density at radius 2 is 2.00 bits per heavy atom. The second kappa shape index (κ2) is 6.42. The third-order valence-corrected chi connectivity index (χ3v) is 2.56. The minimum Gasteiger partial charge on any atom is -0.507 e. The van der Waals surface area contributed by atoms with Crippen molar-refractivity contribution in [3.05, 3.63) is 64.2 Å². The van der Waals surface area contributed by atoms with E-state index in [9.17, 15) is 14.7 Å². The van der Waals surface area contributed by atoms with Crippen molar-refractivity contribution in [2.75, 3.05) is 0 Å². The first kappa shape index (κ1) is 14.4. The van der Waals surface area contributed by atoms with Crippen LogP contribution in [0.3, 0.4) is 0 Å². The number of hydrogen-bond acceptors (Lipinski definition) is 6. The van der Waals surface area contributed by atoms with E-state index in [1.807, 2.05) is 0 Å². The van der Waals surface area contributed by atoms with E-state index in [0.29, 0.717) is 5.56 Å². The highest BCUT2D eigenvalue weighted by Gasteiger charge is 2.04. The Balaban J connectivity index is 1.94. The molecule has 0 bridgehead atoms. The second-order valence-corrected chi connectivity index (χ2v) is 4.10. The summed E-state index contributed by atoms with van der Waals surface area (Å²) in [5.74, 6) is -1.01. The number of benzene rings is 1. The first-order valence-electron chi connectivity index (χ1n) is 6.00. The number of carbonyl (C=O) groups excluding carboxylic acids is 1. The van der Waals surface area contributed by atoms with Gasteiger partial charge >= 0.3 is 5.97 Å². The molecule has 1 heterocycles. The van der Waals surface area contributed by atoms with Crippen molar-refractivity contribution in [1.82, 2.24) is 0 Å². The Morgan fingerprint density at radius 1 is 1.24 bits per heavy atom. The molecule has 0 fully saturated rings. The molecule has 21 heavy (non-hydrogen) atoms. The average Bonchev–Trinajstić information content (AvgIpc) is 2.47. The molecule has 0 saturated heterocycles. The molecular weight excluding hydrogens is 276 g/mol. The first-order valence-corrected chi connectivity index (χ1v) is 6.00. The van der Waals surface area contributed by atoms with Crippen molar-refractivity contribution in [2.24, 2.45) is 0 Å². The van der Waals surface area contributed by atoms with Gasteiger partial charge in [-0.2, -0.15) is 0 Å². The monoisotopic (exact) mass is 288 g/mol. The summed E-state index contributed by atoms with van der Waals surface area (Å²) in [5.41, 5.74) is -0.136. The highest BCUT2D eigenvalue weighted by Crippen LogP contribution is 2.17. The van der Waals surface area contributed by atoms with Crippen LogP contribution in [0.4, 0.5) is 0 Å². The van der Waals surface area contributed by atoms with Gasteiger partial charge in [-0.1, -0.05) is 18.2 Å². The summed E-state index contributed by atoms with van der Waals surface area (Å²) >= 11 is 0. The molecule has 0 atom stereocenters. The number of aromatic hydroxyl groups is 2. The zero-order valence-electron chi connectivity index (χ0n) is 10.9. The fourth-order valence-corrected chi connectivity index (χ4v) is 1.50. The van der Waals surface area contributed by atoms with E-state index < -0.39 is 17.1 Å². The summed E-state index contributed by atoms with van der Waals surface area (Å²) in [6.07, 6.45) is 3.43. The second-order valence-electron chi connectivity index (χ2n) is 4.10. The predicted molar refractivity (Wildman–Crippen MR) is 73.6 cm³/mol. The Kier molecular flexibility index (Phi) is 4.40. The Labute approximate surface area is 119 Å². The van der Waals surface area contributed by atoms with Crippen LogP contribution in [0.1, 0.15) is 11.3 Å². The van der Waals surface area contributed by atoms with Gasteiger partial charge in [-0.05, 0) is 12.1 Å². The van der Waals surface area contributed by atoms with Gasteiger partial charge in [-0.25, -0.2) is 4.79 Å². The molecule has 0 aliphatic rings. The Bertz CT molecular complexity index is 729. The molecule has 0 amide bonds. The quantitative estimate of drug-likeness (QED) is 0.658. The number of phenols is 1. The van der Waals surface area contributed by atoms with Crippen LogP contribution in [0, 0.1) is 0 Å². The standard InChI is InChI=1S/C15H12O6/c16-12-4-2-1-3-10(12)5-6-15(19)21-8-11-7-13(17)14(18)9-20-11/h1-7,9,16,18H,8H2. The van der Waals surface area contributed by atoms with Gasteiger partial charge in [0.05, 0.1) is 0 Å². The zero-order valence-corrected chi connectivity index (χ0v) is 10.9. The van der Waals surface area contributed by atoms with Crippen LogP contribution >= 0.6 is 0 Å². The van der Waals surface area contributed by atoms with Gasteiger partial charge in [0.2, 0.25) is 5.43 Å². The third-order valence-electron chi connectivity index (χ3n) is 2.56. The lowest BCUT2D eigenvalue weighted by molar-refractivity contribution is -0.139. The summed E-state index contributed by atoms with van der Waals surface area (Å²) in [4.78, 5) is 22.6. The Morgan fingerprint density at radius 3 is 2.71 bits per heavy atom. The van der Waals surface area contributed by atoms with E-state index in [1.54, 1.807) is 18.2 Å². The molecule has 108 valence electrons. The van der Waals surface area contributed by atoms with Crippen LogP contribution in [0.15, 0.2) is 51.9 Å². The van der Waals surface area contributed by atoms with Gasteiger partial charge < -0.3 is 19.4 Å². The van der Waals surface area contributed by atoms with Crippen LogP contribution in [0.2, 0.25) is 0 Å². The molecule has 1 aromatic heterocycles. The van der Waals surface area contributed by atoms with Crippen molar-refractivity contribution in [3.8, 4) is 11.5 Å². The highest BCUT2D eigenvalue weighted by atomic mass is 16.5. The number of ether oxygens (including phenoxy) is 1. The number of rotatable bonds is 4. The van der Waals surface area contributed by atoms with E-state index >= 15 is 0 Å². The predicted octanol–water partition coefficient (Wildman–Crippen LogP) is 1.81. The molecule has 0 aliphatic heterocycles. The summed E-state index contributed by atoms with van der Waals surface area (Å²) in [6.45, 7) is -0.237. The normalized spacial score (nSPS) is 10.7. The van der Waals surface area contributed by atoms with Crippen molar-refractivity contribution in [3.63, 3.8) is 0 Å². The molecule has 0 spiro atoms. The molecule has 1 aromatic carbocycles. The van der Waals surface area contributed by atoms with E-state index in [1.165, 1.54) is 12.1 Å². The SMILES string of the molecule is O=C(C=Cc1ccccc1O)OCc1cc(=O)c(O)co1. The maximum absolute atomic E-state index is 11.5. The number of para-hydroxylation sites is 1. The molecule has 0 aliphatic carbocycles. The molecular formula is C15H12O6. The number of phenolic OH excluding ortho intramolecular Hbond substituents is 1. The van der Waals surface area contributed by atoms with Crippen LogP contribution in [0.5, 0.6) is 11.5 Å². The van der Waals surface area contributed by atoms with Gasteiger partial charge in [0.1, 0.15) is 24.4 Å². The third kappa shape index (κ3) is 3.97. The lowest BCUT2D eigenvalue weighted by Gasteiger charge is -2.01. The smallest absolute Gasteiger partial charge is 0.331 e. The van der Waals surface area contributed by atoms with Crippen LogP contribution in [0.25, 0.3) is 6.08 Å². The highest BCUT2D eigenvalue weighted by molar-refractivity contribution is 5.87. The van der Waals surface area contributed by atoms with Crippen LogP contribution in [-0.4, -0.2) is 16.2 Å². The number of esters is 1. The van der Waals surface area contributed by atoms with Crippen molar-refractivity contribution < 1.29 is 24.2 Å². The average molecular weight is 288 g/mol. The van der Waals surface area contributed by atoms with Gasteiger partial charge in [0, 0.05) is 17.7 Å². The molecule has 6 heteroatoms. The van der Waals surface area contributed by atoms with Crippen LogP contribution < -0.4 is 5.43 Å². The lowest BCUT2D eigenvalue weighted by atomic mass is 10.2. The largest absolute Gasteiger partial charge is 0.507 e. The molecule has 2 N–H and O–H groups in total. The summed E-state index contributed by atoms with van der Waals surface area (Å²) in [6, 6.07) is 7.55. The van der Waals surface area contributed by atoms with Gasteiger partial charge in [0.25, 0.3) is 0 Å². The van der Waals surface area contributed by atoms with Crippen molar-refractivity contribution in [1.29, 1.82) is 0 Å². The maximum Gasteiger partial charge on any atom is 0.331 e. The first-order chi connectivity index (χ1) is 10.1. The molecule has 2 aromatic rings. The minimum absolute atomic E-state index is 0.0473. The van der Waals surface area contributed by atoms with E-state index in [0.717, 1.165) is 18.4 Å². The molecule has 0 radical (unpaired) electrons. The lowest BCUT2D eigenvalue weighted by Crippen LogP contribution is -2.04. The van der Waals surface area contributed by atoms with Crippen molar-refractivity contribution in [2.45, 2.75) is 6.61 Å². The van der Waals surface area contributed by atoms with E-state index in [-0.39, 0.29) is 18.1 Å². The number of hydrogen-bond donors (Lipinski definition) is 2. The zero-order chi connectivity index (χ0) is 15.2. The molecule has 0 saturated carbocycles. The number of carbonyl (C=O) groups is 1. The van der Waals surface area contributed by atoms with Gasteiger partial charge in [-0.15, -0.1) is 0 Å². The summed E-state index contributed by atoms with van der Waals surface area (Å²) in [5, 5.41) is 18.5.